The molecular formula is C15H18N2O2. The van der Waals surface area contributed by atoms with Crippen molar-refractivity contribution in [2.75, 3.05) is 26.7 Å². The van der Waals surface area contributed by atoms with Gasteiger partial charge in [-0.05, 0) is 18.5 Å². The van der Waals surface area contributed by atoms with Crippen LogP contribution in [0, 0.1) is 0 Å². The van der Waals surface area contributed by atoms with Crippen molar-refractivity contribution in [1.82, 2.24) is 10.6 Å². The Hall–Kier alpha value is -2.07. The van der Waals surface area contributed by atoms with Crippen molar-refractivity contribution >= 4 is 16.7 Å². The molecule has 2 rings (SSSR count). The number of likely N-dealkylation sites (N-methyl/N-ethyl adjacent to an activating group) is 1. The quantitative estimate of drug-likeness (QED) is 0.773. The third kappa shape index (κ3) is 3.69. The highest BCUT2D eigenvalue weighted by molar-refractivity contribution is 5.88. The summed E-state index contributed by atoms with van der Waals surface area (Å²) in [5, 5.41) is 7.81. The molecule has 0 saturated heterocycles. The number of nitrogens with one attached hydrogen (secondary N) is 2. The fourth-order valence-electron chi connectivity index (χ4n) is 1.90. The summed E-state index contributed by atoms with van der Waals surface area (Å²) in [5.74, 6) is 0.824. The summed E-state index contributed by atoms with van der Waals surface area (Å²) in [6.07, 6.45) is 0. The highest BCUT2D eigenvalue weighted by atomic mass is 16.5. The van der Waals surface area contributed by atoms with Crippen LogP contribution in [-0.4, -0.2) is 32.7 Å². The molecule has 0 radical (unpaired) electrons. The highest BCUT2D eigenvalue weighted by Gasteiger charge is 2.01. The summed E-state index contributed by atoms with van der Waals surface area (Å²) in [6.45, 7) is 1.29. The van der Waals surface area contributed by atoms with Crippen LogP contribution in [0.3, 0.4) is 0 Å². The van der Waals surface area contributed by atoms with E-state index in [0.29, 0.717) is 19.7 Å². The molecule has 0 heterocycles. The highest BCUT2D eigenvalue weighted by Crippen LogP contribution is 2.24. The summed E-state index contributed by atoms with van der Waals surface area (Å²) < 4.78 is 5.71. The van der Waals surface area contributed by atoms with Crippen molar-refractivity contribution in [3.05, 3.63) is 42.5 Å². The van der Waals surface area contributed by atoms with Gasteiger partial charge in [0, 0.05) is 5.39 Å². The van der Waals surface area contributed by atoms with Gasteiger partial charge >= 0.3 is 0 Å². The Morgan fingerprint density at radius 1 is 1.16 bits per heavy atom. The minimum Gasteiger partial charge on any atom is -0.491 e. The van der Waals surface area contributed by atoms with Crippen molar-refractivity contribution in [3.63, 3.8) is 0 Å². The van der Waals surface area contributed by atoms with Gasteiger partial charge in [0.2, 0.25) is 5.91 Å². The fraction of sp³-hybridized carbons (Fsp3) is 0.267. The molecule has 0 unspecified atom stereocenters. The zero-order valence-corrected chi connectivity index (χ0v) is 11.0. The number of amides is 1. The second-order valence-corrected chi connectivity index (χ2v) is 4.21. The van der Waals surface area contributed by atoms with Crippen LogP contribution in [0.15, 0.2) is 42.5 Å². The minimum atomic E-state index is -0.0241. The molecule has 0 aliphatic heterocycles. The maximum Gasteiger partial charge on any atom is 0.234 e. The van der Waals surface area contributed by atoms with E-state index in [9.17, 15) is 4.79 Å². The number of carbonyl (C=O) groups is 1. The van der Waals surface area contributed by atoms with Gasteiger partial charge in [-0.1, -0.05) is 36.4 Å². The molecular weight excluding hydrogens is 240 g/mol. The van der Waals surface area contributed by atoms with Gasteiger partial charge in [0.25, 0.3) is 0 Å². The minimum absolute atomic E-state index is 0.0241. The maximum atomic E-state index is 11.2. The summed E-state index contributed by atoms with van der Waals surface area (Å²) in [6, 6.07) is 14.0. The van der Waals surface area contributed by atoms with E-state index in [1.54, 1.807) is 7.05 Å². The van der Waals surface area contributed by atoms with Gasteiger partial charge < -0.3 is 15.4 Å². The number of hydrogen-bond donors (Lipinski definition) is 2. The lowest BCUT2D eigenvalue weighted by Gasteiger charge is -2.10. The predicted molar refractivity (Wildman–Crippen MR) is 76.4 cm³/mol. The Bertz CT molecular complexity index is 549. The van der Waals surface area contributed by atoms with Crippen molar-refractivity contribution in [1.29, 1.82) is 0 Å². The van der Waals surface area contributed by atoms with Crippen molar-refractivity contribution in [2.45, 2.75) is 0 Å². The van der Waals surface area contributed by atoms with E-state index in [1.807, 2.05) is 30.3 Å². The summed E-state index contributed by atoms with van der Waals surface area (Å²) >= 11 is 0. The Kier molecular flexibility index (Phi) is 4.75. The molecule has 2 aromatic rings. The van der Waals surface area contributed by atoms with Gasteiger partial charge in [-0.15, -0.1) is 0 Å². The Morgan fingerprint density at radius 2 is 1.95 bits per heavy atom. The summed E-state index contributed by atoms with van der Waals surface area (Å²) in [7, 11) is 1.74. The molecule has 100 valence electrons. The van der Waals surface area contributed by atoms with Crippen LogP contribution < -0.4 is 15.4 Å². The molecule has 0 bridgehead atoms. The zero-order chi connectivity index (χ0) is 13.5. The van der Waals surface area contributed by atoms with Crippen LogP contribution in [0.1, 0.15) is 0 Å². The second kappa shape index (κ2) is 6.75. The average Bonchev–Trinajstić information content (AvgIpc) is 2.44. The van der Waals surface area contributed by atoms with E-state index in [4.69, 9.17) is 4.74 Å². The van der Waals surface area contributed by atoms with Gasteiger partial charge in [-0.3, -0.25) is 4.79 Å². The Labute approximate surface area is 112 Å². The SMILES string of the molecule is CNCC(=O)NCCOc1cccc2ccccc12. The molecule has 2 N–H and O–H groups in total. The molecule has 0 aromatic heterocycles. The van der Waals surface area contributed by atoms with E-state index in [2.05, 4.69) is 22.8 Å². The molecule has 1 amide bonds. The molecule has 0 atom stereocenters. The van der Waals surface area contributed by atoms with E-state index < -0.39 is 0 Å². The molecule has 0 spiro atoms. The number of fused-ring (bicyclic) bond motifs is 1. The molecule has 0 fully saturated rings. The van der Waals surface area contributed by atoms with Gasteiger partial charge in [-0.25, -0.2) is 0 Å². The summed E-state index contributed by atoms with van der Waals surface area (Å²) in [5.41, 5.74) is 0. The smallest absolute Gasteiger partial charge is 0.234 e. The van der Waals surface area contributed by atoms with Gasteiger partial charge in [0.05, 0.1) is 13.1 Å². The van der Waals surface area contributed by atoms with Crippen LogP contribution in [0.25, 0.3) is 10.8 Å². The van der Waals surface area contributed by atoms with Crippen LogP contribution in [0.2, 0.25) is 0 Å². The van der Waals surface area contributed by atoms with E-state index >= 15 is 0 Å². The molecule has 19 heavy (non-hydrogen) atoms. The third-order valence-electron chi connectivity index (χ3n) is 2.77. The molecule has 0 aliphatic carbocycles. The van der Waals surface area contributed by atoms with Gasteiger partial charge in [-0.2, -0.15) is 0 Å². The van der Waals surface area contributed by atoms with Crippen LogP contribution >= 0.6 is 0 Å². The first-order valence-electron chi connectivity index (χ1n) is 6.33. The van der Waals surface area contributed by atoms with Crippen LogP contribution in [0.5, 0.6) is 5.75 Å². The lowest BCUT2D eigenvalue weighted by atomic mass is 10.1. The number of benzene rings is 2. The standard InChI is InChI=1S/C15H18N2O2/c1-16-11-15(18)17-9-10-19-14-8-4-6-12-5-2-3-7-13(12)14/h2-8,16H,9-11H2,1H3,(H,17,18). The maximum absolute atomic E-state index is 11.2. The second-order valence-electron chi connectivity index (χ2n) is 4.21. The number of ether oxygens (including phenoxy) is 1. The number of hydrogen-bond acceptors (Lipinski definition) is 3. The molecule has 0 saturated carbocycles. The van der Waals surface area contributed by atoms with Crippen LogP contribution in [-0.2, 0) is 4.79 Å². The Balaban J connectivity index is 1.90. The lowest BCUT2D eigenvalue weighted by molar-refractivity contribution is -0.120. The lowest BCUT2D eigenvalue weighted by Crippen LogP contribution is -2.34. The van der Waals surface area contributed by atoms with Crippen molar-refractivity contribution < 1.29 is 9.53 Å². The molecule has 2 aromatic carbocycles. The summed E-state index contributed by atoms with van der Waals surface area (Å²) in [4.78, 5) is 11.2. The van der Waals surface area contributed by atoms with E-state index in [0.717, 1.165) is 16.5 Å². The average molecular weight is 258 g/mol. The predicted octanol–water partition coefficient (Wildman–Crippen LogP) is 1.55. The molecule has 4 nitrogen and oxygen atoms in total. The fourth-order valence-corrected chi connectivity index (χ4v) is 1.90. The largest absolute Gasteiger partial charge is 0.491 e. The third-order valence-corrected chi connectivity index (χ3v) is 2.77. The van der Waals surface area contributed by atoms with Crippen LogP contribution in [0.4, 0.5) is 0 Å². The monoisotopic (exact) mass is 258 g/mol. The first-order chi connectivity index (χ1) is 9.31. The first kappa shape index (κ1) is 13.4. The zero-order valence-electron chi connectivity index (χ0n) is 11.0. The topological polar surface area (TPSA) is 50.4 Å². The van der Waals surface area contributed by atoms with E-state index in [1.165, 1.54) is 0 Å². The number of carbonyl (C=O) groups excluding carboxylic acids is 1. The molecule has 4 heteroatoms. The number of rotatable bonds is 6. The van der Waals surface area contributed by atoms with Gasteiger partial charge in [0.1, 0.15) is 12.4 Å². The van der Waals surface area contributed by atoms with Crippen molar-refractivity contribution in [2.24, 2.45) is 0 Å². The normalized spacial score (nSPS) is 10.4. The van der Waals surface area contributed by atoms with Crippen molar-refractivity contribution in [3.8, 4) is 5.75 Å². The van der Waals surface area contributed by atoms with E-state index in [-0.39, 0.29) is 5.91 Å². The molecule has 0 aliphatic rings. The first-order valence-corrected chi connectivity index (χ1v) is 6.33. The Morgan fingerprint density at radius 3 is 2.79 bits per heavy atom. The van der Waals surface area contributed by atoms with Gasteiger partial charge in [0.15, 0.2) is 0 Å².